The van der Waals surface area contributed by atoms with Crippen LogP contribution in [0.1, 0.15) is 27.0 Å². The molecule has 1 aliphatic rings. The summed E-state index contributed by atoms with van der Waals surface area (Å²) >= 11 is 0. The van der Waals surface area contributed by atoms with Crippen molar-refractivity contribution in [2.45, 2.75) is 18.8 Å². The second kappa shape index (κ2) is 9.56. The number of nitrogens with zero attached hydrogens (tertiary/aromatic N) is 1. The summed E-state index contributed by atoms with van der Waals surface area (Å²) in [5.41, 5.74) is -2.65. The number of hydrogen-bond donors (Lipinski definition) is 1. The van der Waals surface area contributed by atoms with Crippen LogP contribution >= 0.6 is 0 Å². The zero-order chi connectivity index (χ0) is 26.1. The molecule has 1 N–H and O–H groups in total. The van der Waals surface area contributed by atoms with E-state index < -0.39 is 35.0 Å². The average molecular weight is 508 g/mol. The molecule has 1 heterocycles. The van der Waals surface area contributed by atoms with Gasteiger partial charge < -0.3 is 15.0 Å². The number of benzene rings is 3. The lowest BCUT2D eigenvalue weighted by Gasteiger charge is -2.30. The molecule has 0 bridgehead atoms. The largest absolute Gasteiger partial charge is 0.482 e. The molecule has 0 saturated carbocycles. The van der Waals surface area contributed by atoms with Crippen LogP contribution in [0.2, 0.25) is 0 Å². The summed E-state index contributed by atoms with van der Waals surface area (Å²) in [6.07, 6.45) is -9.65. The third-order valence-corrected chi connectivity index (χ3v) is 5.48. The van der Waals surface area contributed by atoms with Crippen LogP contribution in [0, 0.1) is 0 Å². The quantitative estimate of drug-likeness (QED) is 0.434. The van der Waals surface area contributed by atoms with Crippen LogP contribution < -0.4 is 15.0 Å². The Morgan fingerprint density at radius 2 is 1.53 bits per heavy atom. The van der Waals surface area contributed by atoms with E-state index in [1.54, 1.807) is 0 Å². The predicted octanol–water partition coefficient (Wildman–Crippen LogP) is 5.94. The molecular formula is C25H18F6N2O3. The van der Waals surface area contributed by atoms with Crippen molar-refractivity contribution in [3.05, 3.63) is 89.0 Å². The van der Waals surface area contributed by atoms with Gasteiger partial charge in [-0.05, 0) is 48.4 Å². The molecule has 5 nitrogen and oxygen atoms in total. The van der Waals surface area contributed by atoms with Crippen LogP contribution in [0.15, 0.2) is 66.7 Å². The fraction of sp³-hybridized carbons (Fsp3) is 0.200. The molecule has 0 atom stereocenters. The van der Waals surface area contributed by atoms with Crippen LogP contribution in [0.4, 0.5) is 37.7 Å². The lowest BCUT2D eigenvalue weighted by molar-refractivity contribution is -0.143. The van der Waals surface area contributed by atoms with Gasteiger partial charge in [-0.2, -0.15) is 26.3 Å². The van der Waals surface area contributed by atoms with Gasteiger partial charge >= 0.3 is 12.4 Å². The summed E-state index contributed by atoms with van der Waals surface area (Å²) in [5.74, 6) is -1.17. The summed E-state index contributed by atoms with van der Waals surface area (Å²) in [4.78, 5) is 26.6. The van der Waals surface area contributed by atoms with Gasteiger partial charge in [-0.15, -0.1) is 0 Å². The van der Waals surface area contributed by atoms with Gasteiger partial charge in [0.15, 0.2) is 6.61 Å². The van der Waals surface area contributed by atoms with Crippen LogP contribution in [0.3, 0.4) is 0 Å². The smallest absolute Gasteiger partial charge is 0.416 e. The first-order valence-electron chi connectivity index (χ1n) is 10.6. The molecule has 0 spiro atoms. The summed E-state index contributed by atoms with van der Waals surface area (Å²) in [7, 11) is 0. The highest BCUT2D eigenvalue weighted by molar-refractivity contribution is 6.05. The number of carbonyl (C=O) groups is 2. The van der Waals surface area contributed by atoms with Gasteiger partial charge in [0.1, 0.15) is 5.75 Å². The summed E-state index contributed by atoms with van der Waals surface area (Å²) in [5, 5.41) is 2.31. The SMILES string of the molecule is O=C(Nc1ccc2c(c1)N(CCc1ccccc1)C(=O)CO2)c1cc(C(F)(F)F)cc(C(F)(F)F)c1. The van der Waals surface area contributed by atoms with E-state index in [-0.39, 0.29) is 24.3 Å². The van der Waals surface area contributed by atoms with Crippen molar-refractivity contribution < 1.29 is 40.7 Å². The van der Waals surface area contributed by atoms with Crippen molar-refractivity contribution in [1.82, 2.24) is 0 Å². The highest BCUT2D eigenvalue weighted by Crippen LogP contribution is 2.37. The maximum atomic E-state index is 13.1. The number of alkyl halides is 6. The van der Waals surface area contributed by atoms with Gasteiger partial charge in [-0.3, -0.25) is 9.59 Å². The highest BCUT2D eigenvalue weighted by Gasteiger charge is 2.37. The van der Waals surface area contributed by atoms with Crippen molar-refractivity contribution in [3.8, 4) is 5.75 Å². The molecule has 2 amide bonds. The van der Waals surface area contributed by atoms with Crippen molar-refractivity contribution >= 4 is 23.2 Å². The highest BCUT2D eigenvalue weighted by atomic mass is 19.4. The normalized spacial score (nSPS) is 13.7. The molecule has 1 aliphatic heterocycles. The first kappa shape index (κ1) is 25.1. The summed E-state index contributed by atoms with van der Waals surface area (Å²) in [6, 6.07) is 14.2. The molecule has 0 saturated heterocycles. The first-order chi connectivity index (χ1) is 16.9. The topological polar surface area (TPSA) is 58.6 Å². The third-order valence-electron chi connectivity index (χ3n) is 5.48. The van der Waals surface area contributed by atoms with Crippen molar-refractivity contribution in [3.63, 3.8) is 0 Å². The maximum Gasteiger partial charge on any atom is 0.416 e. The Morgan fingerprint density at radius 3 is 2.14 bits per heavy atom. The minimum absolute atomic E-state index is 0.0523. The van der Waals surface area contributed by atoms with Gasteiger partial charge in [-0.1, -0.05) is 30.3 Å². The minimum atomic E-state index is -5.08. The van der Waals surface area contributed by atoms with Gasteiger partial charge in [0.25, 0.3) is 11.8 Å². The lowest BCUT2D eigenvalue weighted by atomic mass is 10.0. The maximum absolute atomic E-state index is 13.1. The van der Waals surface area contributed by atoms with Crippen molar-refractivity contribution in [1.29, 1.82) is 0 Å². The number of amides is 2. The second-order valence-corrected chi connectivity index (χ2v) is 8.00. The molecule has 0 fully saturated rings. The second-order valence-electron chi connectivity index (χ2n) is 8.00. The monoisotopic (exact) mass is 508 g/mol. The molecule has 4 rings (SSSR count). The zero-order valence-electron chi connectivity index (χ0n) is 18.4. The number of fused-ring (bicyclic) bond motifs is 1. The van der Waals surface area contributed by atoms with Gasteiger partial charge in [0.2, 0.25) is 0 Å². The molecule has 3 aromatic rings. The molecular weight excluding hydrogens is 490 g/mol. The molecule has 3 aromatic carbocycles. The molecule has 0 radical (unpaired) electrons. The molecule has 36 heavy (non-hydrogen) atoms. The molecule has 11 heteroatoms. The van der Waals surface area contributed by atoms with E-state index in [9.17, 15) is 35.9 Å². The predicted molar refractivity (Wildman–Crippen MR) is 119 cm³/mol. The molecule has 0 aromatic heterocycles. The fourth-order valence-electron chi connectivity index (χ4n) is 3.70. The van der Waals surface area contributed by atoms with Crippen molar-refractivity contribution in [2.24, 2.45) is 0 Å². The van der Waals surface area contributed by atoms with E-state index in [4.69, 9.17) is 4.74 Å². The minimum Gasteiger partial charge on any atom is -0.482 e. The summed E-state index contributed by atoms with van der Waals surface area (Å²) < 4.78 is 84.3. The Hall–Kier alpha value is -4.02. The number of anilines is 2. The number of hydrogen-bond acceptors (Lipinski definition) is 3. The van der Waals surface area contributed by atoms with Crippen LogP contribution in [0.25, 0.3) is 0 Å². The fourth-order valence-corrected chi connectivity index (χ4v) is 3.70. The zero-order valence-corrected chi connectivity index (χ0v) is 18.4. The Bertz CT molecular complexity index is 1260. The Labute approximate surface area is 201 Å². The van der Waals surface area contributed by atoms with Gasteiger partial charge in [0, 0.05) is 17.8 Å². The van der Waals surface area contributed by atoms with Crippen LogP contribution in [-0.4, -0.2) is 25.0 Å². The number of rotatable bonds is 5. The van der Waals surface area contributed by atoms with E-state index in [0.29, 0.717) is 36.5 Å². The molecule has 188 valence electrons. The first-order valence-corrected chi connectivity index (χ1v) is 10.6. The lowest BCUT2D eigenvalue weighted by Crippen LogP contribution is -2.40. The number of nitrogens with one attached hydrogen (secondary N) is 1. The van der Waals surface area contributed by atoms with E-state index in [1.165, 1.54) is 23.1 Å². The van der Waals surface area contributed by atoms with Gasteiger partial charge in [-0.25, -0.2) is 0 Å². The molecule has 0 unspecified atom stereocenters. The van der Waals surface area contributed by atoms with E-state index in [0.717, 1.165) is 5.56 Å². The third kappa shape index (κ3) is 5.61. The Balaban J connectivity index is 1.60. The van der Waals surface area contributed by atoms with Crippen LogP contribution in [-0.2, 0) is 23.6 Å². The van der Waals surface area contributed by atoms with Crippen LogP contribution in [0.5, 0.6) is 5.75 Å². The Kier molecular flexibility index (Phi) is 6.66. The Morgan fingerprint density at radius 1 is 0.889 bits per heavy atom. The number of ether oxygens (including phenoxy) is 1. The number of halogens is 6. The van der Waals surface area contributed by atoms with E-state index >= 15 is 0 Å². The van der Waals surface area contributed by atoms with E-state index in [2.05, 4.69) is 5.32 Å². The van der Waals surface area contributed by atoms with E-state index in [1.807, 2.05) is 30.3 Å². The van der Waals surface area contributed by atoms with Crippen molar-refractivity contribution in [2.75, 3.05) is 23.4 Å². The van der Waals surface area contributed by atoms with Gasteiger partial charge in [0.05, 0.1) is 16.8 Å². The summed E-state index contributed by atoms with van der Waals surface area (Å²) in [6.45, 7) is 0.0944. The molecule has 0 aliphatic carbocycles. The average Bonchev–Trinajstić information content (AvgIpc) is 2.82. The number of carbonyl (C=O) groups excluding carboxylic acids is 2. The standard InChI is InChI=1S/C25H18F6N2O3/c26-24(27,28)17-10-16(11-18(12-17)25(29,30)31)23(35)32-19-6-7-21-20(13-19)33(22(34)14-36-21)9-8-15-4-2-1-3-5-15/h1-7,10-13H,8-9,14H2,(H,32,35).